The van der Waals surface area contributed by atoms with E-state index >= 15 is 0 Å². The Morgan fingerprint density at radius 1 is 1.28 bits per heavy atom. The van der Waals surface area contributed by atoms with Gasteiger partial charge < -0.3 is 5.32 Å². The van der Waals surface area contributed by atoms with Crippen LogP contribution < -0.4 is 5.32 Å². The third-order valence-corrected chi connectivity index (χ3v) is 3.85. The lowest BCUT2D eigenvalue weighted by molar-refractivity contribution is 0.0927. The van der Waals surface area contributed by atoms with Crippen LogP contribution in [-0.4, -0.2) is 25.7 Å². The molecule has 0 radical (unpaired) electrons. The van der Waals surface area contributed by atoms with Gasteiger partial charge in [-0.1, -0.05) is 19.3 Å². The van der Waals surface area contributed by atoms with Crippen LogP contribution in [0.5, 0.6) is 0 Å². The molecule has 6 heteroatoms. The highest BCUT2D eigenvalue weighted by atomic mass is 32.1. The van der Waals surface area contributed by atoms with Crippen molar-refractivity contribution in [1.29, 1.82) is 0 Å². The van der Waals surface area contributed by atoms with Crippen molar-refractivity contribution in [3.63, 3.8) is 0 Å². The van der Waals surface area contributed by atoms with Gasteiger partial charge >= 0.3 is 0 Å². The van der Waals surface area contributed by atoms with Crippen molar-refractivity contribution in [2.75, 3.05) is 0 Å². The van der Waals surface area contributed by atoms with Gasteiger partial charge in [-0.2, -0.15) is 8.75 Å². The van der Waals surface area contributed by atoms with Crippen molar-refractivity contribution in [2.24, 2.45) is 0 Å². The molecule has 0 spiro atoms. The second kappa shape index (κ2) is 4.97. The fraction of sp³-hybridized carbons (Fsp3) is 0.500. The molecule has 1 N–H and O–H groups in total. The summed E-state index contributed by atoms with van der Waals surface area (Å²) in [5, 5.41) is 3.07. The van der Waals surface area contributed by atoms with Crippen LogP contribution in [0.3, 0.4) is 0 Å². The number of pyridine rings is 1. The molecule has 0 unspecified atom stereocenters. The molecule has 0 aromatic carbocycles. The number of nitrogens with zero attached hydrogens (tertiary/aromatic N) is 3. The molecular weight excluding hydrogens is 248 g/mol. The summed E-state index contributed by atoms with van der Waals surface area (Å²) >= 11 is 1.11. The van der Waals surface area contributed by atoms with Crippen LogP contribution in [0.2, 0.25) is 0 Å². The molecule has 5 nitrogen and oxygen atoms in total. The highest BCUT2D eigenvalue weighted by Gasteiger charge is 2.17. The molecule has 1 aliphatic carbocycles. The number of fused-ring (bicyclic) bond motifs is 1. The Balaban J connectivity index is 1.74. The topological polar surface area (TPSA) is 67.8 Å². The lowest BCUT2D eigenvalue weighted by Crippen LogP contribution is -2.36. The molecule has 3 rings (SSSR count). The molecule has 18 heavy (non-hydrogen) atoms. The first-order valence-corrected chi connectivity index (χ1v) is 6.95. The summed E-state index contributed by atoms with van der Waals surface area (Å²) in [6.45, 7) is 0. The molecule has 1 saturated carbocycles. The molecule has 0 aliphatic heterocycles. The van der Waals surface area contributed by atoms with E-state index in [1.54, 1.807) is 12.3 Å². The number of hydrogen-bond donors (Lipinski definition) is 1. The zero-order valence-electron chi connectivity index (χ0n) is 9.93. The van der Waals surface area contributed by atoms with Crippen molar-refractivity contribution in [3.05, 3.63) is 17.8 Å². The highest BCUT2D eigenvalue weighted by Crippen LogP contribution is 2.18. The Kier molecular flexibility index (Phi) is 3.19. The summed E-state index contributed by atoms with van der Waals surface area (Å²) < 4.78 is 8.12. The first-order chi connectivity index (χ1) is 8.83. The Labute approximate surface area is 109 Å². The molecule has 2 aromatic rings. The van der Waals surface area contributed by atoms with Crippen LogP contribution in [0.25, 0.3) is 11.2 Å². The van der Waals surface area contributed by atoms with Crippen LogP contribution >= 0.6 is 11.7 Å². The third kappa shape index (κ3) is 2.33. The minimum atomic E-state index is -0.0516. The third-order valence-electron chi connectivity index (χ3n) is 3.32. The van der Waals surface area contributed by atoms with Gasteiger partial charge in [0.25, 0.3) is 5.91 Å². The predicted molar refractivity (Wildman–Crippen MR) is 69.5 cm³/mol. The van der Waals surface area contributed by atoms with Gasteiger partial charge in [-0.05, 0) is 18.9 Å². The van der Waals surface area contributed by atoms with E-state index in [4.69, 9.17) is 0 Å². The van der Waals surface area contributed by atoms with Crippen molar-refractivity contribution in [1.82, 2.24) is 19.0 Å². The van der Waals surface area contributed by atoms with Crippen LogP contribution in [0.15, 0.2) is 12.3 Å². The van der Waals surface area contributed by atoms with Crippen LogP contribution in [-0.2, 0) is 0 Å². The van der Waals surface area contributed by atoms with Gasteiger partial charge in [-0.3, -0.25) is 4.79 Å². The minimum Gasteiger partial charge on any atom is -0.349 e. The Hall–Kier alpha value is -1.56. The summed E-state index contributed by atoms with van der Waals surface area (Å²) in [6.07, 6.45) is 7.43. The van der Waals surface area contributed by atoms with Crippen molar-refractivity contribution >= 4 is 28.8 Å². The van der Waals surface area contributed by atoms with Gasteiger partial charge in [0.2, 0.25) is 0 Å². The maximum Gasteiger partial charge on any atom is 0.253 e. The molecule has 94 valence electrons. The normalized spacial score (nSPS) is 16.9. The number of nitrogens with one attached hydrogen (secondary N) is 1. The molecule has 2 aromatic heterocycles. The SMILES string of the molecule is O=C(NC1CCCCC1)c1cnc2nsnc2c1. The maximum atomic E-state index is 12.1. The van der Waals surface area contributed by atoms with Gasteiger partial charge in [-0.15, -0.1) is 0 Å². The fourth-order valence-corrected chi connectivity index (χ4v) is 2.81. The van der Waals surface area contributed by atoms with Crippen LogP contribution in [0.1, 0.15) is 42.5 Å². The second-order valence-corrected chi connectivity index (χ2v) is 5.17. The van der Waals surface area contributed by atoms with Crippen LogP contribution in [0.4, 0.5) is 0 Å². The number of amides is 1. The molecule has 0 bridgehead atoms. The Morgan fingerprint density at radius 3 is 2.94 bits per heavy atom. The molecule has 0 saturated heterocycles. The van der Waals surface area contributed by atoms with E-state index in [1.165, 1.54) is 19.3 Å². The van der Waals surface area contributed by atoms with E-state index in [-0.39, 0.29) is 5.91 Å². The van der Waals surface area contributed by atoms with Gasteiger partial charge in [0.05, 0.1) is 17.3 Å². The second-order valence-electron chi connectivity index (χ2n) is 4.64. The monoisotopic (exact) mass is 262 g/mol. The first-order valence-electron chi connectivity index (χ1n) is 6.22. The number of carbonyl (C=O) groups is 1. The van der Waals surface area contributed by atoms with E-state index in [1.807, 2.05) is 0 Å². The Bertz CT molecular complexity index is 562. The number of carbonyl (C=O) groups excluding carboxylic acids is 1. The van der Waals surface area contributed by atoms with E-state index in [0.717, 1.165) is 24.6 Å². The number of rotatable bonds is 2. The average molecular weight is 262 g/mol. The molecule has 1 aliphatic rings. The number of hydrogen-bond acceptors (Lipinski definition) is 5. The Morgan fingerprint density at radius 2 is 2.11 bits per heavy atom. The van der Waals surface area contributed by atoms with Crippen LogP contribution in [0, 0.1) is 0 Å². The van der Waals surface area contributed by atoms with E-state index in [2.05, 4.69) is 19.0 Å². The number of aromatic nitrogens is 3. The smallest absolute Gasteiger partial charge is 0.253 e. The molecule has 2 heterocycles. The quantitative estimate of drug-likeness (QED) is 0.900. The first kappa shape index (κ1) is 11.5. The van der Waals surface area contributed by atoms with Gasteiger partial charge in [0.15, 0.2) is 5.65 Å². The summed E-state index contributed by atoms with van der Waals surface area (Å²) in [6, 6.07) is 2.07. The average Bonchev–Trinajstić information content (AvgIpc) is 2.87. The zero-order chi connectivity index (χ0) is 12.4. The predicted octanol–water partition coefficient (Wildman–Crippen LogP) is 2.15. The van der Waals surface area contributed by atoms with Crippen molar-refractivity contribution in [3.8, 4) is 0 Å². The molecule has 1 amide bonds. The van der Waals surface area contributed by atoms with Gasteiger partial charge in [0.1, 0.15) is 5.52 Å². The van der Waals surface area contributed by atoms with E-state index < -0.39 is 0 Å². The summed E-state index contributed by atoms with van der Waals surface area (Å²) in [4.78, 5) is 16.2. The molecular formula is C12H14N4OS. The van der Waals surface area contributed by atoms with E-state index in [9.17, 15) is 4.79 Å². The summed E-state index contributed by atoms with van der Waals surface area (Å²) in [7, 11) is 0. The summed E-state index contributed by atoms with van der Waals surface area (Å²) in [5.41, 5.74) is 1.87. The maximum absolute atomic E-state index is 12.1. The lowest BCUT2D eigenvalue weighted by Gasteiger charge is -2.22. The molecule has 1 fully saturated rings. The minimum absolute atomic E-state index is 0.0516. The highest BCUT2D eigenvalue weighted by molar-refractivity contribution is 7.00. The zero-order valence-corrected chi connectivity index (χ0v) is 10.7. The van der Waals surface area contributed by atoms with Crippen molar-refractivity contribution in [2.45, 2.75) is 38.1 Å². The van der Waals surface area contributed by atoms with Crippen molar-refractivity contribution < 1.29 is 4.79 Å². The standard InChI is InChI=1S/C12H14N4OS/c17-12(14-9-4-2-1-3-5-9)8-6-10-11(13-7-8)16-18-15-10/h6-7,9H,1-5H2,(H,14,17). The van der Waals surface area contributed by atoms with Gasteiger partial charge in [-0.25, -0.2) is 4.98 Å². The lowest BCUT2D eigenvalue weighted by atomic mass is 9.95. The fourth-order valence-electron chi connectivity index (χ4n) is 2.33. The van der Waals surface area contributed by atoms with Gasteiger partial charge in [0, 0.05) is 12.2 Å². The summed E-state index contributed by atoms with van der Waals surface area (Å²) in [5.74, 6) is -0.0516. The van der Waals surface area contributed by atoms with E-state index in [0.29, 0.717) is 22.8 Å². The largest absolute Gasteiger partial charge is 0.349 e. The molecule has 0 atom stereocenters.